The molecule has 0 aliphatic rings. The lowest BCUT2D eigenvalue weighted by atomic mass is 10.1. The largest absolute Gasteiger partial charge is 0.507 e. The number of nitrogens with zero attached hydrogens (tertiary/aromatic N) is 1. The van der Waals surface area contributed by atoms with Crippen LogP contribution in [0, 0.1) is 12.3 Å². The average molecular weight is 326 g/mol. The van der Waals surface area contributed by atoms with Gasteiger partial charge in [0, 0.05) is 24.4 Å². The van der Waals surface area contributed by atoms with E-state index in [1.807, 2.05) is 0 Å². The summed E-state index contributed by atoms with van der Waals surface area (Å²) in [6.45, 7) is 1.67. The van der Waals surface area contributed by atoms with E-state index in [4.69, 9.17) is 10.1 Å². The molecule has 2 aromatic rings. The van der Waals surface area contributed by atoms with Crippen LogP contribution in [0.3, 0.4) is 0 Å². The summed E-state index contributed by atoms with van der Waals surface area (Å²) < 4.78 is 6.16. The zero-order valence-electron chi connectivity index (χ0n) is 13.7. The second kappa shape index (κ2) is 6.95. The first-order chi connectivity index (χ1) is 11.3. The van der Waals surface area contributed by atoms with Gasteiger partial charge in [0.25, 0.3) is 5.56 Å². The molecule has 24 heavy (non-hydrogen) atoms. The Morgan fingerprint density at radius 3 is 2.71 bits per heavy atom. The van der Waals surface area contributed by atoms with Crippen LogP contribution >= 0.6 is 0 Å². The summed E-state index contributed by atoms with van der Waals surface area (Å²) in [4.78, 5) is 24.4. The second-order valence-electron chi connectivity index (χ2n) is 5.27. The number of allylic oxidation sites excluding steroid dienone is 1. The highest BCUT2D eigenvalue weighted by Crippen LogP contribution is 2.16. The van der Waals surface area contributed by atoms with Crippen LogP contribution in [0.5, 0.6) is 5.75 Å². The molecule has 6 heteroatoms. The summed E-state index contributed by atoms with van der Waals surface area (Å²) in [6, 6.07) is 8.26. The van der Waals surface area contributed by atoms with Crippen LogP contribution < -0.4 is 5.56 Å². The maximum absolute atomic E-state index is 12.3. The maximum atomic E-state index is 12.3. The molecule has 0 radical (unpaired) electrons. The number of aromatic nitrogens is 1. The van der Waals surface area contributed by atoms with Gasteiger partial charge in [-0.2, -0.15) is 0 Å². The molecule has 124 valence electrons. The van der Waals surface area contributed by atoms with Gasteiger partial charge in [0.2, 0.25) is 5.90 Å². The molecule has 1 aromatic carbocycles. The fraction of sp³-hybridized carbons (Fsp3) is 0.167. The average Bonchev–Trinajstić information content (AvgIpc) is 2.57. The van der Waals surface area contributed by atoms with E-state index in [9.17, 15) is 14.7 Å². The molecule has 0 fully saturated rings. The third-order valence-electron chi connectivity index (χ3n) is 3.68. The Morgan fingerprint density at radius 1 is 1.33 bits per heavy atom. The van der Waals surface area contributed by atoms with Gasteiger partial charge < -0.3 is 14.4 Å². The van der Waals surface area contributed by atoms with Crippen LogP contribution in [0.25, 0.3) is 6.08 Å². The number of benzene rings is 1. The molecular weight excluding hydrogens is 308 g/mol. The maximum Gasteiger partial charge on any atom is 0.265 e. The quantitative estimate of drug-likeness (QED) is 0.390. The van der Waals surface area contributed by atoms with Crippen LogP contribution in [0.1, 0.15) is 27.2 Å². The van der Waals surface area contributed by atoms with Crippen molar-refractivity contribution < 1.29 is 14.6 Å². The molecule has 0 spiro atoms. The van der Waals surface area contributed by atoms with Crippen molar-refractivity contribution in [1.29, 1.82) is 5.41 Å². The van der Waals surface area contributed by atoms with E-state index in [2.05, 4.69) is 0 Å². The van der Waals surface area contributed by atoms with Gasteiger partial charge in [0.15, 0.2) is 5.78 Å². The van der Waals surface area contributed by atoms with Crippen LogP contribution in [0.4, 0.5) is 0 Å². The topological polar surface area (TPSA) is 92.4 Å². The first-order valence-corrected chi connectivity index (χ1v) is 7.20. The molecule has 2 N–H and O–H groups in total. The molecule has 0 bridgehead atoms. The SMILES string of the molecule is COC(=N)c1cccc(/C=C/C(=O)c2c(O)cc(C)n(C)c2=O)c1. The molecule has 1 heterocycles. The molecule has 1 aromatic heterocycles. The lowest BCUT2D eigenvalue weighted by Crippen LogP contribution is -2.25. The predicted molar refractivity (Wildman–Crippen MR) is 91.7 cm³/mol. The predicted octanol–water partition coefficient (Wildman–Crippen LogP) is 2.27. The van der Waals surface area contributed by atoms with Crippen molar-refractivity contribution in [2.24, 2.45) is 7.05 Å². The van der Waals surface area contributed by atoms with Gasteiger partial charge in [-0.15, -0.1) is 0 Å². The number of nitrogens with one attached hydrogen (secondary N) is 1. The second-order valence-corrected chi connectivity index (χ2v) is 5.27. The fourth-order valence-corrected chi connectivity index (χ4v) is 2.19. The molecule has 6 nitrogen and oxygen atoms in total. The number of ketones is 1. The van der Waals surface area contributed by atoms with Crippen LogP contribution in [-0.2, 0) is 11.8 Å². The van der Waals surface area contributed by atoms with E-state index in [0.29, 0.717) is 16.8 Å². The van der Waals surface area contributed by atoms with Gasteiger partial charge in [0.05, 0.1) is 7.11 Å². The van der Waals surface area contributed by atoms with Gasteiger partial charge in [0.1, 0.15) is 11.3 Å². The Balaban J connectivity index is 2.34. The van der Waals surface area contributed by atoms with E-state index < -0.39 is 11.3 Å². The minimum Gasteiger partial charge on any atom is -0.507 e. The number of hydrogen-bond acceptors (Lipinski definition) is 5. The van der Waals surface area contributed by atoms with Gasteiger partial charge >= 0.3 is 0 Å². The normalized spacial score (nSPS) is 10.8. The fourth-order valence-electron chi connectivity index (χ4n) is 2.19. The highest BCUT2D eigenvalue weighted by molar-refractivity contribution is 6.08. The highest BCUT2D eigenvalue weighted by atomic mass is 16.5. The summed E-state index contributed by atoms with van der Waals surface area (Å²) in [5.74, 6) is -0.901. The number of carbonyl (C=O) groups is 1. The van der Waals surface area contributed by atoms with E-state index in [-0.39, 0.29) is 17.2 Å². The van der Waals surface area contributed by atoms with Crippen molar-refractivity contribution in [1.82, 2.24) is 4.57 Å². The number of rotatable bonds is 4. The Kier molecular flexibility index (Phi) is 4.99. The van der Waals surface area contributed by atoms with Crippen molar-refractivity contribution in [3.8, 4) is 5.75 Å². The van der Waals surface area contributed by atoms with Gasteiger partial charge in [-0.05, 0) is 30.7 Å². The molecule has 0 unspecified atom stereocenters. The Labute approximate surface area is 139 Å². The Bertz CT molecular complexity index is 894. The van der Waals surface area contributed by atoms with Crippen LogP contribution in [0.2, 0.25) is 0 Å². The lowest BCUT2D eigenvalue weighted by Gasteiger charge is -2.07. The van der Waals surface area contributed by atoms with E-state index in [1.54, 1.807) is 31.2 Å². The zero-order chi connectivity index (χ0) is 17.9. The van der Waals surface area contributed by atoms with Crippen LogP contribution in [-0.4, -0.2) is 28.5 Å². The monoisotopic (exact) mass is 326 g/mol. The van der Waals surface area contributed by atoms with Crippen molar-refractivity contribution in [2.45, 2.75) is 6.92 Å². The molecule has 0 atom stereocenters. The summed E-state index contributed by atoms with van der Waals surface area (Å²) in [5.41, 5.74) is 0.994. The standard InChI is InChI=1S/C18H18N2O4/c1-11-9-15(22)16(18(23)20(11)2)14(21)8-7-12-5-4-6-13(10-12)17(19)24-3/h4-10,19,22H,1-3H3/b8-7+,19-17?. The number of pyridine rings is 1. The molecule has 0 saturated heterocycles. The third-order valence-corrected chi connectivity index (χ3v) is 3.68. The molecule has 2 rings (SSSR count). The summed E-state index contributed by atoms with van der Waals surface area (Å²) in [6.07, 6.45) is 2.74. The number of aromatic hydroxyl groups is 1. The minimum absolute atomic E-state index is 0.0154. The zero-order valence-corrected chi connectivity index (χ0v) is 13.7. The highest BCUT2D eigenvalue weighted by Gasteiger charge is 2.16. The molecule has 0 aliphatic carbocycles. The summed E-state index contributed by atoms with van der Waals surface area (Å²) in [5, 5.41) is 17.5. The molecular formula is C18H18N2O4. The first-order valence-electron chi connectivity index (χ1n) is 7.20. The summed E-state index contributed by atoms with van der Waals surface area (Å²) >= 11 is 0. The first kappa shape index (κ1) is 17.2. The minimum atomic E-state index is -0.583. The number of hydrogen-bond donors (Lipinski definition) is 2. The third kappa shape index (κ3) is 3.43. The van der Waals surface area contributed by atoms with Crippen LogP contribution in [0.15, 0.2) is 41.2 Å². The number of methoxy groups -OCH3 is 1. The summed E-state index contributed by atoms with van der Waals surface area (Å²) in [7, 11) is 2.95. The van der Waals surface area contributed by atoms with Crippen molar-refractivity contribution in [2.75, 3.05) is 7.11 Å². The number of ether oxygens (including phenoxy) is 1. The lowest BCUT2D eigenvalue weighted by molar-refractivity contribution is 0.104. The Hall–Kier alpha value is -3.15. The van der Waals surface area contributed by atoms with Gasteiger partial charge in [-0.25, -0.2) is 0 Å². The smallest absolute Gasteiger partial charge is 0.265 e. The van der Waals surface area contributed by atoms with E-state index in [0.717, 1.165) is 0 Å². The number of carbonyl (C=O) groups excluding carboxylic acids is 1. The van der Waals surface area contributed by atoms with Gasteiger partial charge in [-0.3, -0.25) is 15.0 Å². The van der Waals surface area contributed by atoms with Crippen molar-refractivity contribution in [3.63, 3.8) is 0 Å². The van der Waals surface area contributed by atoms with Gasteiger partial charge in [-0.1, -0.05) is 18.2 Å². The Morgan fingerprint density at radius 2 is 2.04 bits per heavy atom. The van der Waals surface area contributed by atoms with E-state index in [1.165, 1.54) is 36.9 Å². The van der Waals surface area contributed by atoms with E-state index >= 15 is 0 Å². The molecule has 0 aliphatic heterocycles. The molecule has 0 saturated carbocycles. The molecule has 0 amide bonds. The van der Waals surface area contributed by atoms with Crippen molar-refractivity contribution in [3.05, 3.63) is 69.1 Å². The number of aryl methyl sites for hydroxylation is 1. The van der Waals surface area contributed by atoms with Crippen molar-refractivity contribution >= 4 is 17.8 Å².